The number of carbonyl (C=O) groups is 4. The molecule has 0 N–H and O–H groups in total. The Balaban J connectivity index is 0.961. The first kappa shape index (κ1) is 40.6. The molecule has 8 rings (SSSR count). The number of nitrogens with zero attached hydrogens (tertiary/aromatic N) is 1. The first-order valence-corrected chi connectivity index (χ1v) is 21.0. The predicted molar refractivity (Wildman–Crippen MR) is 224 cm³/mol. The van der Waals surface area contributed by atoms with E-state index in [1.165, 1.54) is 11.3 Å². The number of thiazole rings is 1. The molecule has 2 aliphatic rings. The summed E-state index contributed by atoms with van der Waals surface area (Å²) in [5, 5.41) is 1.49. The molecule has 13 heteroatoms. The van der Waals surface area contributed by atoms with Crippen molar-refractivity contribution in [1.82, 2.24) is 4.98 Å². The van der Waals surface area contributed by atoms with Crippen LogP contribution in [-0.2, 0) is 19.2 Å². The molecule has 60 heavy (non-hydrogen) atoms. The molecule has 0 radical (unpaired) electrons. The van der Waals surface area contributed by atoms with Gasteiger partial charge in [0.15, 0.2) is 22.3 Å². The highest BCUT2D eigenvalue weighted by Crippen LogP contribution is 2.44. The van der Waals surface area contributed by atoms with Crippen LogP contribution in [0, 0.1) is 37.5 Å². The van der Waals surface area contributed by atoms with Crippen molar-refractivity contribution >= 4 is 56.4 Å². The van der Waals surface area contributed by atoms with Gasteiger partial charge < -0.3 is 32.8 Å². The Morgan fingerprint density at radius 2 is 1.00 bits per heavy atom. The smallest absolute Gasteiger partial charge is 0.314 e. The molecule has 310 valence electrons. The Hall–Kier alpha value is -6.21. The van der Waals surface area contributed by atoms with Gasteiger partial charge in [0.25, 0.3) is 0 Å². The van der Waals surface area contributed by atoms with Crippen molar-refractivity contribution in [2.45, 2.75) is 65.2 Å². The molecule has 0 bridgehead atoms. The van der Waals surface area contributed by atoms with Gasteiger partial charge in [0.1, 0.15) is 38.8 Å². The van der Waals surface area contributed by atoms with E-state index in [1.54, 1.807) is 74.9 Å². The second-order valence-electron chi connectivity index (χ2n) is 15.5. The molecule has 0 aliphatic heterocycles. The first-order chi connectivity index (χ1) is 29.0. The van der Waals surface area contributed by atoms with Gasteiger partial charge in [0.05, 0.1) is 37.9 Å². The minimum Gasteiger partial charge on any atom is -0.497 e. The number of carbonyl (C=O) groups excluding carboxylic acids is 4. The molecule has 6 aromatic rings. The van der Waals surface area contributed by atoms with Gasteiger partial charge in [-0.25, -0.2) is 4.98 Å². The molecule has 4 aromatic carbocycles. The van der Waals surface area contributed by atoms with Crippen LogP contribution in [-0.4, -0.2) is 43.1 Å². The van der Waals surface area contributed by atoms with Crippen molar-refractivity contribution in [1.29, 1.82) is 0 Å². The summed E-state index contributed by atoms with van der Waals surface area (Å²) in [4.78, 5) is 58.1. The molecule has 2 heterocycles. The normalized spacial score (nSPS) is 19.1. The summed E-state index contributed by atoms with van der Waals surface area (Å²) >= 11 is 1.28. The predicted octanol–water partition coefficient (Wildman–Crippen LogP) is 9.98. The Morgan fingerprint density at radius 1 is 0.567 bits per heavy atom. The third kappa shape index (κ3) is 8.86. The van der Waals surface area contributed by atoms with Crippen molar-refractivity contribution in [3.63, 3.8) is 0 Å². The number of hydrogen-bond acceptors (Lipinski definition) is 13. The van der Waals surface area contributed by atoms with Crippen LogP contribution in [0.2, 0.25) is 0 Å². The monoisotopic (exact) mass is 831 g/mol. The van der Waals surface area contributed by atoms with E-state index in [0.717, 1.165) is 22.1 Å². The molecule has 0 spiro atoms. The molecule has 2 saturated carbocycles. The lowest BCUT2D eigenvalue weighted by atomic mass is 9.82. The summed E-state index contributed by atoms with van der Waals surface area (Å²) in [6, 6.07) is 22.9. The van der Waals surface area contributed by atoms with E-state index in [-0.39, 0.29) is 29.5 Å². The van der Waals surface area contributed by atoms with Crippen molar-refractivity contribution < 1.29 is 52.0 Å². The van der Waals surface area contributed by atoms with Gasteiger partial charge in [0, 0.05) is 5.39 Å². The number of ether oxygens (including phenoxy) is 6. The lowest BCUT2D eigenvalue weighted by Gasteiger charge is -2.26. The summed E-state index contributed by atoms with van der Waals surface area (Å²) in [5.41, 5.74) is 3.23. The van der Waals surface area contributed by atoms with Crippen LogP contribution < -0.4 is 28.4 Å². The van der Waals surface area contributed by atoms with Crippen LogP contribution in [0.25, 0.3) is 32.0 Å². The molecule has 0 unspecified atom stereocenters. The molecule has 2 aromatic heterocycles. The van der Waals surface area contributed by atoms with E-state index in [0.29, 0.717) is 101 Å². The molecule has 12 nitrogen and oxygen atoms in total. The van der Waals surface area contributed by atoms with E-state index < -0.39 is 23.8 Å². The van der Waals surface area contributed by atoms with Crippen molar-refractivity contribution in [2.24, 2.45) is 23.7 Å². The van der Waals surface area contributed by atoms with Gasteiger partial charge in [0.2, 0.25) is 0 Å². The van der Waals surface area contributed by atoms with Gasteiger partial charge in [-0.2, -0.15) is 0 Å². The molecule has 0 amide bonds. The van der Waals surface area contributed by atoms with E-state index in [4.69, 9.17) is 37.8 Å². The zero-order chi connectivity index (χ0) is 41.9. The lowest BCUT2D eigenvalue weighted by Crippen LogP contribution is -2.30. The van der Waals surface area contributed by atoms with Gasteiger partial charge in [-0.1, -0.05) is 6.07 Å². The fraction of sp³-hybridized carbons (Fsp3) is 0.340. The number of rotatable bonds is 11. The quantitative estimate of drug-likeness (QED) is 0.0903. The Kier molecular flexibility index (Phi) is 11.9. The van der Waals surface area contributed by atoms with Gasteiger partial charge in [-0.15, -0.1) is 11.3 Å². The summed E-state index contributed by atoms with van der Waals surface area (Å²) in [7, 11) is 3.14. The first-order valence-electron chi connectivity index (χ1n) is 20.1. The summed E-state index contributed by atoms with van der Waals surface area (Å²) in [6.07, 6.45) is 3.79. The molecule has 2 fully saturated rings. The SMILES string of the molecule is COc1ccc(OC(=O)[C@H]2CC[C@H](C(=O)Oc3ccc(OC(=O)[C@H]4CC[C@H](C(=O)Oc5ccc(OC)cc5)CC4)c4sc(-c5cc6c(C)cc(C)cc6o5)nc34)CC2)cc1. The maximum Gasteiger partial charge on any atom is 0.314 e. The minimum absolute atomic E-state index is 0.234. The van der Waals surface area contributed by atoms with Gasteiger partial charge in [-0.05, 0) is 149 Å². The lowest BCUT2D eigenvalue weighted by molar-refractivity contribution is -0.145. The zero-order valence-electron chi connectivity index (χ0n) is 33.8. The highest BCUT2D eigenvalue weighted by molar-refractivity contribution is 7.22. The number of furan rings is 1. The number of fused-ring (bicyclic) bond motifs is 2. The van der Waals surface area contributed by atoms with Crippen LogP contribution in [0.15, 0.2) is 83.3 Å². The molecule has 2 aliphatic carbocycles. The number of methoxy groups -OCH3 is 2. The second-order valence-corrected chi connectivity index (χ2v) is 16.5. The summed E-state index contributed by atoms with van der Waals surface area (Å²) < 4.78 is 40.5. The Morgan fingerprint density at radius 3 is 1.48 bits per heavy atom. The van der Waals surface area contributed by atoms with Crippen LogP contribution in [0.1, 0.15) is 62.5 Å². The van der Waals surface area contributed by atoms with Gasteiger partial charge >= 0.3 is 23.9 Å². The van der Waals surface area contributed by atoms with E-state index in [1.807, 2.05) is 26.0 Å². The Bertz CT molecular complexity index is 2410. The molecule has 0 saturated heterocycles. The van der Waals surface area contributed by atoms with Crippen molar-refractivity contribution in [3.05, 3.63) is 90.0 Å². The third-order valence-electron chi connectivity index (χ3n) is 11.4. The average molecular weight is 832 g/mol. The maximum absolute atomic E-state index is 13.7. The highest BCUT2D eigenvalue weighted by Gasteiger charge is 2.35. The topological polar surface area (TPSA) is 150 Å². The molecule has 0 atom stereocenters. The number of esters is 4. The van der Waals surface area contributed by atoms with Gasteiger partial charge in [-0.3, -0.25) is 19.2 Å². The standard InChI is InChI=1S/C47H45NO11S/c1-26-23-27(2)36-25-40(57-39(36)24-26)43-48-41-37(58-46(51)30-9-5-28(6-10-30)44(49)55-34-17-13-32(53-3)14-18-34)21-22-38(42(41)60-43)59-47(52)31-11-7-29(8-12-31)45(50)56-35-19-15-33(54-4)16-20-35/h13-25,28-31H,5-12H2,1-4H3/t28-,29-,30-,31-. The van der Waals surface area contributed by atoms with Crippen molar-refractivity contribution in [2.75, 3.05) is 14.2 Å². The summed E-state index contributed by atoms with van der Waals surface area (Å²) in [6.45, 7) is 4.03. The van der Waals surface area contributed by atoms with E-state index in [9.17, 15) is 19.2 Å². The number of aromatic nitrogens is 1. The fourth-order valence-corrected chi connectivity index (χ4v) is 9.01. The third-order valence-corrected chi connectivity index (χ3v) is 12.5. The average Bonchev–Trinajstić information content (AvgIpc) is 3.91. The number of benzene rings is 4. The molecular weight excluding hydrogens is 787 g/mol. The van der Waals surface area contributed by atoms with Crippen molar-refractivity contribution in [3.8, 4) is 45.3 Å². The van der Waals surface area contributed by atoms with E-state index >= 15 is 0 Å². The van der Waals surface area contributed by atoms with Crippen LogP contribution in [0.4, 0.5) is 0 Å². The largest absolute Gasteiger partial charge is 0.497 e. The fourth-order valence-electron chi connectivity index (χ4n) is 8.02. The summed E-state index contributed by atoms with van der Waals surface area (Å²) in [5.74, 6) is 0.269. The zero-order valence-corrected chi connectivity index (χ0v) is 34.6. The van der Waals surface area contributed by atoms with Crippen LogP contribution in [0.5, 0.6) is 34.5 Å². The maximum atomic E-state index is 13.7. The molecular formula is C47H45NO11S. The van der Waals surface area contributed by atoms with Crippen LogP contribution >= 0.6 is 11.3 Å². The van der Waals surface area contributed by atoms with Crippen LogP contribution in [0.3, 0.4) is 0 Å². The minimum atomic E-state index is -0.425. The van der Waals surface area contributed by atoms with E-state index in [2.05, 4.69) is 6.07 Å². The number of hydrogen-bond donors (Lipinski definition) is 0. The Labute approximate surface area is 350 Å². The number of aryl methyl sites for hydroxylation is 2. The highest BCUT2D eigenvalue weighted by atomic mass is 32.1. The second kappa shape index (κ2) is 17.6.